The van der Waals surface area contributed by atoms with Gasteiger partial charge in [-0.25, -0.2) is 0 Å². The van der Waals surface area contributed by atoms with Gasteiger partial charge in [0.1, 0.15) is 0 Å². The van der Waals surface area contributed by atoms with Crippen molar-refractivity contribution in [3.8, 4) is 0 Å². The summed E-state index contributed by atoms with van der Waals surface area (Å²) in [7, 11) is -0.299. The fourth-order valence-electron chi connectivity index (χ4n) is 1.74. The lowest BCUT2D eigenvalue weighted by Gasteiger charge is -2.41. The molecule has 0 aliphatic carbocycles. The van der Waals surface area contributed by atoms with Crippen LogP contribution >= 0.6 is 12.1 Å². The fourth-order valence-corrected chi connectivity index (χ4v) is 17.3. The lowest BCUT2D eigenvalue weighted by atomic mass is 9.99. The van der Waals surface area contributed by atoms with Crippen molar-refractivity contribution < 1.29 is 4.43 Å². The van der Waals surface area contributed by atoms with Crippen LogP contribution in [0.5, 0.6) is 0 Å². The zero-order valence-corrected chi connectivity index (χ0v) is 16.4. The Bertz CT molecular complexity index is 242. The molecule has 104 valence electrons. The molecule has 0 rings (SSSR count). The molecule has 0 bridgehead atoms. The monoisotopic (exact) mass is 292 g/mol. The second-order valence-electron chi connectivity index (χ2n) is 6.84. The minimum Gasteiger partial charge on any atom is -0.406 e. The third-order valence-electron chi connectivity index (χ3n) is 4.16. The first-order valence-electron chi connectivity index (χ1n) is 6.90. The van der Waals surface area contributed by atoms with Crippen LogP contribution in [0.2, 0.25) is 11.1 Å². The molecule has 0 aromatic heterocycles. The van der Waals surface area contributed by atoms with Crippen molar-refractivity contribution in [1.82, 2.24) is 0 Å². The van der Waals surface area contributed by atoms with Crippen LogP contribution in [-0.2, 0) is 4.43 Å². The summed E-state index contributed by atoms with van der Waals surface area (Å²) in [5, 5.41) is 0.452. The van der Waals surface area contributed by atoms with Crippen LogP contribution in [0.3, 0.4) is 0 Å². The van der Waals surface area contributed by atoms with Gasteiger partial charge in [-0.15, -0.1) is 0 Å². The Labute approximate surface area is 117 Å². The standard InChI is InChI=1S/C13H32OSSi2/c1-9-12(5,6)14-17(15,10-2)16-13(7,8)11(3)4/h11,15H,9-10,16H2,1-8H3. The number of rotatable bonds is 7. The maximum Gasteiger partial charge on any atom is 0.229 e. The number of thiol groups is 1. The van der Waals surface area contributed by atoms with Crippen LogP contribution in [-0.4, -0.2) is 21.6 Å². The average Bonchev–Trinajstić information content (AvgIpc) is 2.16. The van der Waals surface area contributed by atoms with Crippen molar-refractivity contribution in [2.45, 2.75) is 78.5 Å². The molecule has 0 aromatic rings. The average molecular weight is 293 g/mol. The summed E-state index contributed by atoms with van der Waals surface area (Å²) in [5.41, 5.74) is 0.00401. The van der Waals surface area contributed by atoms with Crippen molar-refractivity contribution in [2.24, 2.45) is 5.92 Å². The van der Waals surface area contributed by atoms with Gasteiger partial charge in [-0.1, -0.05) is 41.5 Å². The van der Waals surface area contributed by atoms with Gasteiger partial charge < -0.3 is 4.43 Å². The highest BCUT2D eigenvalue weighted by molar-refractivity contribution is 8.19. The zero-order chi connectivity index (χ0) is 13.9. The van der Waals surface area contributed by atoms with E-state index in [1.54, 1.807) is 0 Å². The summed E-state index contributed by atoms with van der Waals surface area (Å²) in [6.45, 7) is 16.6. The molecular weight excluding hydrogens is 260 g/mol. The largest absolute Gasteiger partial charge is 0.406 e. The van der Waals surface area contributed by atoms with Crippen LogP contribution in [0.1, 0.15) is 61.8 Å². The van der Waals surface area contributed by atoms with Crippen molar-refractivity contribution in [3.05, 3.63) is 0 Å². The molecule has 0 fully saturated rings. The highest BCUT2D eigenvalue weighted by atomic mass is 32.3. The molecule has 1 atom stereocenters. The molecule has 0 aliphatic rings. The third-order valence-corrected chi connectivity index (χ3v) is 17.5. The van der Waals surface area contributed by atoms with E-state index in [1.165, 1.54) is 0 Å². The van der Waals surface area contributed by atoms with E-state index in [0.717, 1.165) is 18.4 Å². The fraction of sp³-hybridized carbons (Fsp3) is 1.00. The van der Waals surface area contributed by atoms with E-state index in [1.807, 2.05) is 0 Å². The van der Waals surface area contributed by atoms with E-state index >= 15 is 0 Å². The van der Waals surface area contributed by atoms with Crippen molar-refractivity contribution in [1.29, 1.82) is 0 Å². The van der Waals surface area contributed by atoms with Crippen LogP contribution in [0.4, 0.5) is 0 Å². The highest BCUT2D eigenvalue weighted by Crippen LogP contribution is 2.38. The topological polar surface area (TPSA) is 9.23 Å². The quantitative estimate of drug-likeness (QED) is 0.549. The Morgan fingerprint density at radius 1 is 1.18 bits per heavy atom. The van der Waals surface area contributed by atoms with E-state index in [4.69, 9.17) is 16.5 Å². The first-order valence-corrected chi connectivity index (χ1v) is 13.3. The third kappa shape index (κ3) is 5.94. The van der Waals surface area contributed by atoms with Gasteiger partial charge in [0.15, 0.2) is 0 Å². The predicted octanol–water partition coefficient (Wildman–Crippen LogP) is 4.10. The number of hydrogen-bond acceptors (Lipinski definition) is 2. The Morgan fingerprint density at radius 3 is 1.94 bits per heavy atom. The summed E-state index contributed by atoms with van der Waals surface area (Å²) < 4.78 is 6.47. The molecular formula is C13H32OSSi2. The molecule has 0 radical (unpaired) electrons. The summed E-state index contributed by atoms with van der Waals surface area (Å²) in [5.74, 6) is 0.730. The molecule has 0 aromatic carbocycles. The molecule has 0 saturated carbocycles. The second kappa shape index (κ2) is 6.26. The zero-order valence-electron chi connectivity index (χ0n) is 13.1. The first-order chi connectivity index (χ1) is 7.48. The lowest BCUT2D eigenvalue weighted by molar-refractivity contribution is 0.105. The number of hydrogen-bond donors (Lipinski definition) is 1. The first kappa shape index (κ1) is 17.7. The smallest absolute Gasteiger partial charge is 0.229 e. The molecule has 1 unspecified atom stereocenters. The SMILES string of the molecule is CCC(C)(C)O[Si](S)(CC)[SiH2]C(C)(C)C(C)C. The highest BCUT2D eigenvalue weighted by Gasteiger charge is 2.41. The van der Waals surface area contributed by atoms with Crippen LogP contribution in [0, 0.1) is 5.92 Å². The van der Waals surface area contributed by atoms with Gasteiger partial charge >= 0.3 is 0 Å². The Balaban J connectivity index is 4.81. The molecule has 17 heavy (non-hydrogen) atoms. The van der Waals surface area contributed by atoms with Crippen molar-refractivity contribution in [3.63, 3.8) is 0 Å². The van der Waals surface area contributed by atoms with Gasteiger partial charge in [-0.3, -0.25) is 0 Å². The Hall–Kier alpha value is 0.744. The minimum absolute atomic E-state index is 0.00401. The molecule has 0 saturated heterocycles. The maximum atomic E-state index is 6.47. The summed E-state index contributed by atoms with van der Waals surface area (Å²) in [6.07, 6.45) is 1.07. The van der Waals surface area contributed by atoms with Gasteiger partial charge in [0, 0.05) is 0 Å². The van der Waals surface area contributed by atoms with Gasteiger partial charge in [0.2, 0.25) is 6.98 Å². The minimum atomic E-state index is -1.74. The molecule has 0 heterocycles. The van der Waals surface area contributed by atoms with E-state index in [0.29, 0.717) is 5.04 Å². The van der Waals surface area contributed by atoms with Gasteiger partial charge in [-0.2, -0.15) is 12.1 Å². The van der Waals surface area contributed by atoms with E-state index < -0.39 is 6.98 Å². The molecule has 0 aliphatic heterocycles. The van der Waals surface area contributed by atoms with Crippen LogP contribution in [0.15, 0.2) is 0 Å². The lowest BCUT2D eigenvalue weighted by Crippen LogP contribution is -2.50. The predicted molar refractivity (Wildman–Crippen MR) is 88.1 cm³/mol. The van der Waals surface area contributed by atoms with Gasteiger partial charge in [0.05, 0.1) is 14.6 Å². The Morgan fingerprint density at radius 2 is 1.65 bits per heavy atom. The summed E-state index contributed by atoms with van der Waals surface area (Å²) in [6, 6.07) is 1.14. The van der Waals surface area contributed by atoms with E-state index in [9.17, 15) is 0 Å². The van der Waals surface area contributed by atoms with E-state index in [-0.39, 0.29) is 14.6 Å². The van der Waals surface area contributed by atoms with Crippen LogP contribution < -0.4 is 0 Å². The van der Waals surface area contributed by atoms with Crippen molar-refractivity contribution >= 4 is 28.1 Å². The molecule has 1 nitrogen and oxygen atoms in total. The van der Waals surface area contributed by atoms with Gasteiger partial charge in [0.25, 0.3) is 0 Å². The molecule has 0 spiro atoms. The van der Waals surface area contributed by atoms with E-state index in [2.05, 4.69) is 55.4 Å². The molecule has 4 heteroatoms. The second-order valence-corrected chi connectivity index (χ2v) is 20.5. The normalized spacial score (nSPS) is 18.0. The Kier molecular flexibility index (Phi) is 6.54. The van der Waals surface area contributed by atoms with Gasteiger partial charge in [-0.05, 0) is 37.3 Å². The van der Waals surface area contributed by atoms with Crippen LogP contribution in [0.25, 0.3) is 0 Å². The van der Waals surface area contributed by atoms with Crippen molar-refractivity contribution in [2.75, 3.05) is 0 Å². The summed E-state index contributed by atoms with van der Waals surface area (Å²) in [4.78, 5) is 0. The maximum absolute atomic E-state index is 6.47. The summed E-state index contributed by atoms with van der Waals surface area (Å²) >= 11 is 5.03. The molecule has 0 amide bonds. The molecule has 0 N–H and O–H groups in total.